The SMILES string of the molecule is CC(C)(C)c1cc(CNC(=O)c2cccc(C(=O)NCc3cc(C(C)(C)C)cc(-n4nc5ccccc5n4)c3O)c2)c(O)c(-n2nc3ccccc3n2)c1. The molecule has 0 bridgehead atoms. The zero-order valence-electron chi connectivity index (χ0n) is 31.0. The molecule has 0 radical (unpaired) electrons. The highest BCUT2D eigenvalue weighted by Crippen LogP contribution is 2.35. The van der Waals surface area contributed by atoms with E-state index in [1.54, 1.807) is 18.2 Å². The van der Waals surface area contributed by atoms with Crippen molar-refractivity contribution in [3.63, 3.8) is 0 Å². The summed E-state index contributed by atoms with van der Waals surface area (Å²) in [5, 5.41) is 46.8. The number of amides is 2. The zero-order valence-corrected chi connectivity index (χ0v) is 31.0. The van der Waals surface area contributed by atoms with E-state index in [0.717, 1.165) is 11.1 Å². The molecule has 12 nitrogen and oxygen atoms in total. The number of benzene rings is 5. The number of carbonyl (C=O) groups excluding carboxylic acids is 2. The first-order valence-corrected chi connectivity index (χ1v) is 17.7. The number of aromatic nitrogens is 6. The van der Waals surface area contributed by atoms with Crippen LogP contribution >= 0.6 is 0 Å². The van der Waals surface area contributed by atoms with Gasteiger partial charge >= 0.3 is 0 Å². The number of carbonyl (C=O) groups is 2. The number of phenolic OH excluding ortho intramolecular Hbond substituents is 2. The Bertz CT molecular complexity index is 2320. The summed E-state index contributed by atoms with van der Waals surface area (Å²) >= 11 is 0. The number of aromatic hydroxyl groups is 2. The standard InChI is InChI=1S/C42H42N8O4/c1-41(2,3)29-19-27(37(51)35(21-29)49-45-31-14-7-8-15-32(31)46-49)23-43-39(53)25-12-11-13-26(18-25)40(54)44-24-28-20-30(42(4,5)6)22-36(38(28)52)50-47-33-16-9-10-17-34(33)48-50/h7-22,51-52H,23-24H2,1-6H3,(H,43,53)(H,44,54). The molecule has 5 aromatic carbocycles. The number of hydrogen-bond acceptors (Lipinski definition) is 8. The Morgan fingerprint density at radius 1 is 0.537 bits per heavy atom. The highest BCUT2D eigenvalue weighted by Gasteiger charge is 2.23. The zero-order chi connectivity index (χ0) is 38.4. The van der Waals surface area contributed by atoms with Gasteiger partial charge < -0.3 is 20.8 Å². The second-order valence-electron chi connectivity index (χ2n) is 15.4. The van der Waals surface area contributed by atoms with Gasteiger partial charge in [0.2, 0.25) is 0 Å². The third-order valence-electron chi connectivity index (χ3n) is 9.34. The van der Waals surface area contributed by atoms with E-state index < -0.39 is 11.8 Å². The molecule has 54 heavy (non-hydrogen) atoms. The first-order valence-electron chi connectivity index (χ1n) is 17.7. The summed E-state index contributed by atoms with van der Waals surface area (Å²) in [4.78, 5) is 29.7. The maximum absolute atomic E-state index is 13.4. The summed E-state index contributed by atoms with van der Waals surface area (Å²) in [7, 11) is 0. The van der Waals surface area contributed by atoms with Crippen LogP contribution in [0.25, 0.3) is 33.4 Å². The molecule has 0 spiro atoms. The molecule has 0 saturated carbocycles. The van der Waals surface area contributed by atoms with Crippen LogP contribution in [0.4, 0.5) is 0 Å². The molecule has 0 unspecified atom stereocenters. The van der Waals surface area contributed by atoms with Gasteiger partial charge in [-0.1, -0.05) is 71.9 Å². The quantitative estimate of drug-likeness (QED) is 0.130. The van der Waals surface area contributed by atoms with Gasteiger partial charge in [0.15, 0.2) is 0 Å². The first-order chi connectivity index (χ1) is 25.7. The molecule has 0 saturated heterocycles. The van der Waals surface area contributed by atoms with E-state index in [4.69, 9.17) is 0 Å². The second-order valence-corrected chi connectivity index (χ2v) is 15.4. The van der Waals surface area contributed by atoms with Crippen molar-refractivity contribution >= 4 is 33.9 Å². The summed E-state index contributed by atoms with van der Waals surface area (Å²) in [6.45, 7) is 12.4. The summed E-state index contributed by atoms with van der Waals surface area (Å²) in [6.07, 6.45) is 0. The van der Waals surface area contributed by atoms with Crippen LogP contribution < -0.4 is 10.6 Å². The van der Waals surface area contributed by atoms with Crippen LogP contribution in [0.1, 0.15) is 84.5 Å². The monoisotopic (exact) mass is 722 g/mol. The van der Waals surface area contributed by atoms with Gasteiger partial charge in [0, 0.05) is 35.3 Å². The average molecular weight is 723 g/mol. The Morgan fingerprint density at radius 3 is 1.22 bits per heavy atom. The number of nitrogens with zero attached hydrogens (tertiary/aromatic N) is 6. The van der Waals surface area contributed by atoms with E-state index in [2.05, 4.69) is 72.6 Å². The van der Waals surface area contributed by atoms with Gasteiger partial charge in [0.25, 0.3) is 11.8 Å². The lowest BCUT2D eigenvalue weighted by atomic mass is 9.85. The van der Waals surface area contributed by atoms with Crippen molar-refractivity contribution in [3.8, 4) is 22.9 Å². The predicted molar refractivity (Wildman–Crippen MR) is 207 cm³/mol. The normalized spacial score (nSPS) is 12.0. The Morgan fingerprint density at radius 2 is 0.889 bits per heavy atom. The van der Waals surface area contributed by atoms with Crippen LogP contribution in [0.2, 0.25) is 0 Å². The highest BCUT2D eigenvalue weighted by atomic mass is 16.3. The van der Waals surface area contributed by atoms with Crippen LogP contribution in [0.3, 0.4) is 0 Å². The molecule has 0 atom stereocenters. The molecule has 0 fully saturated rings. The van der Waals surface area contributed by atoms with E-state index in [1.165, 1.54) is 15.7 Å². The molecule has 2 amide bonds. The van der Waals surface area contributed by atoms with Gasteiger partial charge in [-0.2, -0.15) is 0 Å². The minimum Gasteiger partial charge on any atom is -0.505 e. The second kappa shape index (κ2) is 13.8. The average Bonchev–Trinajstić information content (AvgIpc) is 3.77. The molecule has 2 heterocycles. The number of fused-ring (bicyclic) bond motifs is 2. The van der Waals surface area contributed by atoms with Crippen LogP contribution in [0.5, 0.6) is 11.5 Å². The number of hydrogen-bond donors (Lipinski definition) is 4. The van der Waals surface area contributed by atoms with Gasteiger partial charge in [0.05, 0.1) is 0 Å². The van der Waals surface area contributed by atoms with Crippen molar-refractivity contribution in [2.45, 2.75) is 65.5 Å². The van der Waals surface area contributed by atoms with E-state index >= 15 is 0 Å². The van der Waals surface area contributed by atoms with E-state index in [0.29, 0.717) is 44.6 Å². The van der Waals surface area contributed by atoms with Crippen LogP contribution in [0, 0.1) is 0 Å². The minimum atomic E-state index is -0.422. The summed E-state index contributed by atoms with van der Waals surface area (Å²) in [6, 6.07) is 28.8. The van der Waals surface area contributed by atoms with Crippen molar-refractivity contribution in [2.75, 3.05) is 0 Å². The number of rotatable bonds is 8. The van der Waals surface area contributed by atoms with Crippen molar-refractivity contribution in [3.05, 3.63) is 130 Å². The third kappa shape index (κ3) is 7.23. The number of nitrogens with one attached hydrogen (secondary N) is 2. The Kier molecular flexibility index (Phi) is 9.14. The Hall–Kier alpha value is -6.56. The molecule has 0 aliphatic heterocycles. The molecule has 2 aromatic heterocycles. The minimum absolute atomic E-state index is 0.0190. The van der Waals surface area contributed by atoms with Crippen molar-refractivity contribution < 1.29 is 19.8 Å². The van der Waals surface area contributed by atoms with E-state index in [1.807, 2.05) is 72.8 Å². The highest BCUT2D eigenvalue weighted by molar-refractivity contribution is 5.99. The number of phenols is 2. The molecular formula is C42H42N8O4. The summed E-state index contributed by atoms with van der Waals surface area (Å²) in [5.41, 5.74) is 6.43. The van der Waals surface area contributed by atoms with Crippen molar-refractivity contribution in [2.24, 2.45) is 0 Å². The smallest absolute Gasteiger partial charge is 0.251 e. The molecule has 7 rings (SSSR count). The molecule has 0 aliphatic carbocycles. The fraction of sp³-hybridized carbons (Fsp3) is 0.238. The first kappa shape index (κ1) is 35.8. The molecule has 7 aromatic rings. The predicted octanol–water partition coefficient (Wildman–Crippen LogP) is 7.02. The van der Waals surface area contributed by atoms with Gasteiger partial charge in [-0.3, -0.25) is 9.59 Å². The lowest BCUT2D eigenvalue weighted by Crippen LogP contribution is -2.26. The van der Waals surface area contributed by atoms with Crippen molar-refractivity contribution in [1.29, 1.82) is 0 Å². The third-order valence-corrected chi connectivity index (χ3v) is 9.34. The van der Waals surface area contributed by atoms with E-state index in [-0.39, 0.29) is 46.5 Å². The lowest BCUT2D eigenvalue weighted by Gasteiger charge is -2.22. The van der Waals surface area contributed by atoms with Gasteiger partial charge in [-0.25, -0.2) is 0 Å². The molecule has 4 N–H and O–H groups in total. The fourth-order valence-corrected chi connectivity index (χ4v) is 6.09. The Balaban J connectivity index is 1.09. The molecule has 0 aliphatic rings. The topological polar surface area (TPSA) is 160 Å². The lowest BCUT2D eigenvalue weighted by molar-refractivity contribution is 0.0950. The Labute approximate surface area is 312 Å². The molecule has 274 valence electrons. The maximum atomic E-state index is 13.4. The van der Waals surface area contributed by atoms with Crippen LogP contribution in [-0.4, -0.2) is 52.0 Å². The van der Waals surface area contributed by atoms with Gasteiger partial charge in [-0.05, 0) is 88.7 Å². The summed E-state index contributed by atoms with van der Waals surface area (Å²) in [5.74, 6) is -0.937. The van der Waals surface area contributed by atoms with Gasteiger partial charge in [-0.15, -0.1) is 30.0 Å². The molecule has 12 heteroatoms. The fourth-order valence-electron chi connectivity index (χ4n) is 6.09. The summed E-state index contributed by atoms with van der Waals surface area (Å²) < 4.78 is 0. The molecular weight excluding hydrogens is 681 g/mol. The largest absolute Gasteiger partial charge is 0.505 e. The van der Waals surface area contributed by atoms with Crippen molar-refractivity contribution in [1.82, 2.24) is 40.6 Å². The maximum Gasteiger partial charge on any atom is 0.251 e. The van der Waals surface area contributed by atoms with Crippen LogP contribution in [-0.2, 0) is 23.9 Å². The van der Waals surface area contributed by atoms with Gasteiger partial charge in [0.1, 0.15) is 44.9 Å². The van der Waals surface area contributed by atoms with E-state index in [9.17, 15) is 19.8 Å². The van der Waals surface area contributed by atoms with Crippen LogP contribution in [0.15, 0.2) is 97.1 Å².